The summed E-state index contributed by atoms with van der Waals surface area (Å²) in [6.45, 7) is 5.76. The van der Waals surface area contributed by atoms with Gasteiger partial charge in [0.2, 0.25) is 0 Å². The maximum absolute atomic E-state index is 13.3. The summed E-state index contributed by atoms with van der Waals surface area (Å²) in [5.41, 5.74) is 1.35. The average molecular weight is 179 g/mol. The normalized spacial score (nSPS) is 11.5. The topological polar surface area (TPSA) is 12.9 Å². The van der Waals surface area contributed by atoms with Crippen LogP contribution in [0, 0.1) is 5.82 Å². The van der Waals surface area contributed by atoms with E-state index < -0.39 is 0 Å². The number of allylic oxidation sites excluding steroid dienone is 1. The van der Waals surface area contributed by atoms with E-state index in [0.29, 0.717) is 5.69 Å². The lowest BCUT2D eigenvalue weighted by molar-refractivity contribution is 0.584. The molecule has 0 aliphatic carbocycles. The molecule has 0 aliphatic rings. The summed E-state index contributed by atoms with van der Waals surface area (Å²) in [4.78, 5) is 4.07. The first-order chi connectivity index (χ1) is 6.15. The molecular weight excluding hydrogens is 165 g/mol. The van der Waals surface area contributed by atoms with E-state index in [1.54, 1.807) is 6.20 Å². The molecule has 1 nitrogen and oxygen atoms in total. The van der Waals surface area contributed by atoms with Crippen molar-refractivity contribution in [3.63, 3.8) is 0 Å². The van der Waals surface area contributed by atoms with Crippen LogP contribution in [-0.2, 0) is 0 Å². The van der Waals surface area contributed by atoms with Gasteiger partial charge in [-0.2, -0.15) is 0 Å². The second-order valence-corrected chi connectivity index (χ2v) is 3.29. The summed E-state index contributed by atoms with van der Waals surface area (Å²) in [6, 6.07) is 1.52. The highest BCUT2D eigenvalue weighted by Gasteiger charge is 2.07. The third-order valence-electron chi connectivity index (χ3n) is 1.80. The van der Waals surface area contributed by atoms with Crippen LogP contribution in [0.15, 0.2) is 18.3 Å². The van der Waals surface area contributed by atoms with Crippen molar-refractivity contribution in [1.82, 2.24) is 4.98 Å². The van der Waals surface area contributed by atoms with Gasteiger partial charge in [-0.25, -0.2) is 4.39 Å². The quantitative estimate of drug-likeness (QED) is 0.678. The van der Waals surface area contributed by atoms with Crippen LogP contribution < -0.4 is 0 Å². The fourth-order valence-corrected chi connectivity index (χ4v) is 1.17. The lowest BCUT2D eigenvalue weighted by atomic mass is 10.1. The van der Waals surface area contributed by atoms with Crippen molar-refractivity contribution >= 4 is 6.08 Å². The average Bonchev–Trinajstić information content (AvgIpc) is 2.04. The molecule has 0 unspecified atom stereocenters. The third kappa shape index (κ3) is 2.38. The SMILES string of the molecule is C/C=C/c1cnc(C(C)C)c(F)c1. The molecule has 0 saturated heterocycles. The number of hydrogen-bond acceptors (Lipinski definition) is 1. The standard InChI is InChI=1S/C11H14FN/c1-4-5-9-6-10(12)11(8(2)3)13-7-9/h4-8H,1-3H3/b5-4+. The zero-order chi connectivity index (χ0) is 9.84. The Kier molecular flexibility index (Phi) is 3.18. The Morgan fingerprint density at radius 2 is 2.15 bits per heavy atom. The van der Waals surface area contributed by atoms with Crippen LogP contribution >= 0.6 is 0 Å². The van der Waals surface area contributed by atoms with Crippen molar-refractivity contribution in [3.8, 4) is 0 Å². The number of halogens is 1. The summed E-state index contributed by atoms with van der Waals surface area (Å²) in [5, 5.41) is 0. The molecule has 1 rings (SSSR count). The molecule has 0 radical (unpaired) electrons. The van der Waals surface area contributed by atoms with Gasteiger partial charge in [0.05, 0.1) is 5.69 Å². The Bertz CT molecular complexity index is 316. The van der Waals surface area contributed by atoms with Crippen LogP contribution in [0.2, 0.25) is 0 Å². The van der Waals surface area contributed by atoms with E-state index in [1.165, 1.54) is 6.07 Å². The maximum Gasteiger partial charge on any atom is 0.145 e. The van der Waals surface area contributed by atoms with Crippen LogP contribution in [0.5, 0.6) is 0 Å². The summed E-state index contributed by atoms with van der Waals surface area (Å²) in [7, 11) is 0. The van der Waals surface area contributed by atoms with Gasteiger partial charge >= 0.3 is 0 Å². The molecule has 70 valence electrons. The van der Waals surface area contributed by atoms with E-state index in [9.17, 15) is 4.39 Å². The number of pyridine rings is 1. The Morgan fingerprint density at radius 1 is 1.46 bits per heavy atom. The minimum atomic E-state index is -0.217. The monoisotopic (exact) mass is 179 g/mol. The van der Waals surface area contributed by atoms with E-state index >= 15 is 0 Å². The van der Waals surface area contributed by atoms with Gasteiger partial charge in [-0.1, -0.05) is 26.0 Å². The lowest BCUT2D eigenvalue weighted by Crippen LogP contribution is -1.97. The molecule has 0 fully saturated rings. The first-order valence-electron chi connectivity index (χ1n) is 4.43. The van der Waals surface area contributed by atoms with Gasteiger partial charge in [-0.3, -0.25) is 4.98 Å². The fraction of sp³-hybridized carbons (Fsp3) is 0.364. The highest BCUT2D eigenvalue weighted by molar-refractivity contribution is 5.47. The first-order valence-corrected chi connectivity index (χ1v) is 4.43. The summed E-state index contributed by atoms with van der Waals surface area (Å²) < 4.78 is 13.3. The molecule has 0 N–H and O–H groups in total. The Balaban J connectivity index is 3.05. The Labute approximate surface area is 78.3 Å². The van der Waals surface area contributed by atoms with E-state index in [0.717, 1.165) is 5.56 Å². The fourth-order valence-electron chi connectivity index (χ4n) is 1.17. The second kappa shape index (κ2) is 4.17. The molecule has 0 aliphatic heterocycles. The van der Waals surface area contributed by atoms with Gasteiger partial charge in [-0.15, -0.1) is 0 Å². The molecule has 13 heavy (non-hydrogen) atoms. The van der Waals surface area contributed by atoms with Crippen molar-refractivity contribution in [2.24, 2.45) is 0 Å². The molecule has 0 saturated carbocycles. The van der Waals surface area contributed by atoms with Crippen molar-refractivity contribution < 1.29 is 4.39 Å². The molecule has 2 heteroatoms. The van der Waals surface area contributed by atoms with Gasteiger partial charge in [0, 0.05) is 6.20 Å². The second-order valence-electron chi connectivity index (χ2n) is 3.29. The number of nitrogens with zero attached hydrogens (tertiary/aromatic N) is 1. The zero-order valence-corrected chi connectivity index (χ0v) is 8.21. The highest BCUT2D eigenvalue weighted by Crippen LogP contribution is 2.16. The van der Waals surface area contributed by atoms with E-state index in [2.05, 4.69) is 4.98 Å². The van der Waals surface area contributed by atoms with E-state index in [1.807, 2.05) is 32.9 Å². The summed E-state index contributed by atoms with van der Waals surface area (Å²) in [5.74, 6) is -0.0785. The van der Waals surface area contributed by atoms with E-state index in [-0.39, 0.29) is 11.7 Å². The maximum atomic E-state index is 13.3. The Morgan fingerprint density at radius 3 is 2.62 bits per heavy atom. The predicted molar refractivity (Wildman–Crippen MR) is 53.0 cm³/mol. The van der Waals surface area contributed by atoms with Crippen molar-refractivity contribution in [3.05, 3.63) is 35.4 Å². The molecule has 1 heterocycles. The molecule has 0 bridgehead atoms. The van der Waals surface area contributed by atoms with Crippen molar-refractivity contribution in [2.75, 3.05) is 0 Å². The summed E-state index contributed by atoms with van der Waals surface area (Å²) in [6.07, 6.45) is 5.39. The van der Waals surface area contributed by atoms with E-state index in [4.69, 9.17) is 0 Å². The molecule has 0 amide bonds. The van der Waals surface area contributed by atoms with Crippen molar-refractivity contribution in [2.45, 2.75) is 26.7 Å². The highest BCUT2D eigenvalue weighted by atomic mass is 19.1. The van der Waals surface area contributed by atoms with Gasteiger partial charge in [0.15, 0.2) is 0 Å². The van der Waals surface area contributed by atoms with Crippen LogP contribution in [0.25, 0.3) is 6.08 Å². The molecule has 0 spiro atoms. The minimum Gasteiger partial charge on any atom is -0.257 e. The van der Waals surface area contributed by atoms with Gasteiger partial charge in [0.1, 0.15) is 5.82 Å². The third-order valence-corrected chi connectivity index (χ3v) is 1.80. The summed E-state index contributed by atoms with van der Waals surface area (Å²) >= 11 is 0. The van der Waals surface area contributed by atoms with Crippen LogP contribution in [-0.4, -0.2) is 4.98 Å². The zero-order valence-electron chi connectivity index (χ0n) is 8.21. The van der Waals surface area contributed by atoms with Crippen LogP contribution in [0.4, 0.5) is 4.39 Å². The van der Waals surface area contributed by atoms with Gasteiger partial charge in [-0.05, 0) is 24.5 Å². The number of hydrogen-bond donors (Lipinski definition) is 0. The molecule has 0 aromatic carbocycles. The predicted octanol–water partition coefficient (Wildman–Crippen LogP) is 3.38. The molecule has 1 aromatic rings. The van der Waals surface area contributed by atoms with Crippen molar-refractivity contribution in [1.29, 1.82) is 0 Å². The van der Waals surface area contributed by atoms with Crippen LogP contribution in [0.3, 0.4) is 0 Å². The first kappa shape index (κ1) is 9.90. The van der Waals surface area contributed by atoms with Gasteiger partial charge < -0.3 is 0 Å². The molecule has 0 atom stereocenters. The molecular formula is C11H14FN. The largest absolute Gasteiger partial charge is 0.257 e. The number of rotatable bonds is 2. The lowest BCUT2D eigenvalue weighted by Gasteiger charge is -2.05. The molecule has 1 aromatic heterocycles. The smallest absolute Gasteiger partial charge is 0.145 e. The van der Waals surface area contributed by atoms with Crippen LogP contribution in [0.1, 0.15) is 37.9 Å². The van der Waals surface area contributed by atoms with Gasteiger partial charge in [0.25, 0.3) is 0 Å². The minimum absolute atomic E-state index is 0.139. The number of aromatic nitrogens is 1. The Hall–Kier alpha value is -1.18.